The highest BCUT2D eigenvalue weighted by molar-refractivity contribution is 9.11. The standard InChI is InChI=1S/C15H18BrNO2S2/c1-11(2)10-13(12-6-4-3-5-7-12)17-21(18,19)15-9-8-14(16)20-15/h3-9,11,13,17H,10H2,1-2H3. The number of sulfonamides is 1. The minimum absolute atomic E-state index is 0.211. The van der Waals surface area contributed by atoms with Crippen molar-refractivity contribution >= 4 is 37.3 Å². The highest BCUT2D eigenvalue weighted by atomic mass is 79.9. The van der Waals surface area contributed by atoms with E-state index in [-0.39, 0.29) is 6.04 Å². The molecular formula is C15H18BrNO2S2. The topological polar surface area (TPSA) is 46.2 Å². The molecule has 1 unspecified atom stereocenters. The normalized spacial score (nSPS) is 13.5. The first-order valence-corrected chi connectivity index (χ1v) is 9.80. The summed E-state index contributed by atoms with van der Waals surface area (Å²) in [6.07, 6.45) is 0.760. The third kappa shape index (κ3) is 4.64. The molecule has 0 spiro atoms. The summed E-state index contributed by atoms with van der Waals surface area (Å²) >= 11 is 4.52. The molecule has 0 radical (unpaired) electrons. The van der Waals surface area contributed by atoms with Crippen LogP contribution in [-0.4, -0.2) is 8.42 Å². The van der Waals surface area contributed by atoms with Gasteiger partial charge in [-0.3, -0.25) is 0 Å². The van der Waals surface area contributed by atoms with E-state index in [4.69, 9.17) is 0 Å². The van der Waals surface area contributed by atoms with Crippen LogP contribution in [0.15, 0.2) is 50.5 Å². The number of benzene rings is 1. The summed E-state index contributed by atoms with van der Waals surface area (Å²) in [5.74, 6) is 0.396. The lowest BCUT2D eigenvalue weighted by molar-refractivity contribution is 0.472. The van der Waals surface area contributed by atoms with Crippen molar-refractivity contribution in [3.8, 4) is 0 Å². The SMILES string of the molecule is CC(C)CC(NS(=O)(=O)c1ccc(Br)s1)c1ccccc1. The van der Waals surface area contributed by atoms with Crippen LogP contribution >= 0.6 is 27.3 Å². The molecule has 6 heteroatoms. The van der Waals surface area contributed by atoms with Crippen LogP contribution in [0.3, 0.4) is 0 Å². The molecule has 3 nitrogen and oxygen atoms in total. The lowest BCUT2D eigenvalue weighted by Gasteiger charge is -2.20. The minimum Gasteiger partial charge on any atom is -0.206 e. The summed E-state index contributed by atoms with van der Waals surface area (Å²) in [5.41, 5.74) is 0.991. The first-order valence-electron chi connectivity index (χ1n) is 6.71. The summed E-state index contributed by atoms with van der Waals surface area (Å²) in [7, 11) is -3.49. The second-order valence-electron chi connectivity index (χ2n) is 5.27. The molecule has 1 aromatic carbocycles. The van der Waals surface area contributed by atoms with Gasteiger partial charge in [0.05, 0.1) is 3.79 Å². The van der Waals surface area contributed by atoms with E-state index in [1.165, 1.54) is 11.3 Å². The predicted octanol–water partition coefficient (Wildman–Crippen LogP) is 4.58. The van der Waals surface area contributed by atoms with Crippen LogP contribution in [0.5, 0.6) is 0 Å². The Hall–Kier alpha value is -0.690. The Labute approximate surface area is 138 Å². The van der Waals surface area contributed by atoms with Gasteiger partial charge in [-0.1, -0.05) is 44.2 Å². The van der Waals surface area contributed by atoms with Crippen LogP contribution in [0.25, 0.3) is 0 Å². The molecule has 0 aliphatic carbocycles. The average molecular weight is 388 g/mol. The number of rotatable bonds is 6. The van der Waals surface area contributed by atoms with Crippen LogP contribution in [-0.2, 0) is 10.0 Å². The molecule has 1 heterocycles. The molecule has 0 amide bonds. The highest BCUT2D eigenvalue weighted by Gasteiger charge is 2.23. The molecule has 0 bridgehead atoms. The van der Waals surface area contributed by atoms with Crippen molar-refractivity contribution in [2.75, 3.05) is 0 Å². The Morgan fingerprint density at radius 1 is 1.14 bits per heavy atom. The summed E-state index contributed by atoms with van der Waals surface area (Å²) in [5, 5.41) is 0. The Kier molecular flexibility index (Phi) is 5.60. The molecule has 2 rings (SSSR count). The number of halogens is 1. The van der Waals surface area contributed by atoms with E-state index in [1.807, 2.05) is 30.3 Å². The highest BCUT2D eigenvalue weighted by Crippen LogP contribution is 2.29. The van der Waals surface area contributed by atoms with Crippen molar-refractivity contribution in [2.24, 2.45) is 5.92 Å². The van der Waals surface area contributed by atoms with Crippen LogP contribution in [0, 0.1) is 5.92 Å². The van der Waals surface area contributed by atoms with Gasteiger partial charge in [0.1, 0.15) is 4.21 Å². The Morgan fingerprint density at radius 2 is 1.81 bits per heavy atom. The second kappa shape index (κ2) is 7.05. The third-order valence-corrected chi connectivity index (χ3v) is 6.61. The third-order valence-electron chi connectivity index (χ3n) is 3.02. The fourth-order valence-electron chi connectivity index (χ4n) is 2.10. The molecule has 0 aliphatic heterocycles. The zero-order valence-electron chi connectivity index (χ0n) is 11.9. The van der Waals surface area contributed by atoms with E-state index in [1.54, 1.807) is 12.1 Å². The first kappa shape index (κ1) is 16.7. The van der Waals surface area contributed by atoms with Crippen LogP contribution in [0.2, 0.25) is 0 Å². The molecule has 0 fully saturated rings. The zero-order valence-corrected chi connectivity index (χ0v) is 15.1. The lowest BCUT2D eigenvalue weighted by atomic mass is 9.98. The van der Waals surface area contributed by atoms with E-state index in [0.717, 1.165) is 15.8 Å². The van der Waals surface area contributed by atoms with Crippen LogP contribution < -0.4 is 4.72 Å². The van der Waals surface area contributed by atoms with E-state index in [0.29, 0.717) is 10.1 Å². The van der Waals surface area contributed by atoms with E-state index < -0.39 is 10.0 Å². The molecule has 1 aromatic heterocycles. The van der Waals surface area contributed by atoms with Gasteiger partial charge in [-0.25, -0.2) is 13.1 Å². The van der Waals surface area contributed by atoms with Crippen molar-refractivity contribution in [2.45, 2.75) is 30.5 Å². The van der Waals surface area contributed by atoms with Crippen LogP contribution in [0.4, 0.5) is 0 Å². The number of hydrogen-bond donors (Lipinski definition) is 1. The fourth-order valence-corrected chi connectivity index (χ4v) is 5.36. The quantitative estimate of drug-likeness (QED) is 0.788. The molecule has 1 N–H and O–H groups in total. The fraction of sp³-hybridized carbons (Fsp3) is 0.333. The maximum absolute atomic E-state index is 12.5. The van der Waals surface area contributed by atoms with Crippen molar-refractivity contribution < 1.29 is 8.42 Å². The van der Waals surface area contributed by atoms with E-state index >= 15 is 0 Å². The smallest absolute Gasteiger partial charge is 0.206 e. The van der Waals surface area contributed by atoms with Crippen molar-refractivity contribution in [1.29, 1.82) is 0 Å². The maximum Gasteiger partial charge on any atom is 0.250 e. The molecule has 114 valence electrons. The van der Waals surface area contributed by atoms with Gasteiger partial charge in [0.25, 0.3) is 10.0 Å². The van der Waals surface area contributed by atoms with Crippen molar-refractivity contribution in [3.63, 3.8) is 0 Å². The lowest BCUT2D eigenvalue weighted by Crippen LogP contribution is -2.29. The molecule has 0 saturated carbocycles. The van der Waals surface area contributed by atoms with Crippen molar-refractivity contribution in [3.05, 3.63) is 51.8 Å². The van der Waals surface area contributed by atoms with Gasteiger partial charge in [0.15, 0.2) is 0 Å². The molecule has 0 saturated heterocycles. The summed E-state index contributed by atoms with van der Waals surface area (Å²) < 4.78 is 29.0. The van der Waals surface area contributed by atoms with Gasteiger partial charge in [-0.2, -0.15) is 0 Å². The Bertz CT molecular complexity index is 681. The summed E-state index contributed by atoms with van der Waals surface area (Å²) in [6, 6.07) is 12.9. The van der Waals surface area contributed by atoms with E-state index in [9.17, 15) is 8.42 Å². The second-order valence-corrected chi connectivity index (χ2v) is 9.68. The molecular weight excluding hydrogens is 370 g/mol. The molecule has 2 aromatic rings. The molecule has 21 heavy (non-hydrogen) atoms. The van der Waals surface area contributed by atoms with Gasteiger partial charge < -0.3 is 0 Å². The Morgan fingerprint density at radius 3 is 2.33 bits per heavy atom. The average Bonchev–Trinajstić information content (AvgIpc) is 2.86. The van der Waals surface area contributed by atoms with Gasteiger partial charge in [-0.05, 0) is 46.0 Å². The van der Waals surface area contributed by atoms with Gasteiger partial charge >= 0.3 is 0 Å². The summed E-state index contributed by atoms with van der Waals surface area (Å²) in [4.78, 5) is 0. The molecule has 0 aliphatic rings. The van der Waals surface area contributed by atoms with E-state index in [2.05, 4.69) is 34.5 Å². The Balaban J connectivity index is 2.27. The molecule has 1 atom stereocenters. The zero-order chi connectivity index (χ0) is 15.5. The first-order chi connectivity index (χ1) is 9.88. The summed E-state index contributed by atoms with van der Waals surface area (Å²) in [6.45, 7) is 4.18. The van der Waals surface area contributed by atoms with Gasteiger partial charge in [0.2, 0.25) is 0 Å². The largest absolute Gasteiger partial charge is 0.250 e. The number of nitrogens with one attached hydrogen (secondary N) is 1. The number of thiophene rings is 1. The van der Waals surface area contributed by atoms with Crippen molar-refractivity contribution in [1.82, 2.24) is 4.72 Å². The predicted molar refractivity (Wildman–Crippen MR) is 91.0 cm³/mol. The number of hydrogen-bond acceptors (Lipinski definition) is 3. The van der Waals surface area contributed by atoms with Crippen LogP contribution in [0.1, 0.15) is 31.9 Å². The maximum atomic E-state index is 12.5. The van der Waals surface area contributed by atoms with Gasteiger partial charge in [0, 0.05) is 6.04 Å². The van der Waals surface area contributed by atoms with Gasteiger partial charge in [-0.15, -0.1) is 11.3 Å². The minimum atomic E-state index is -3.49. The monoisotopic (exact) mass is 387 g/mol.